The number of anilines is 1. The highest BCUT2D eigenvalue weighted by molar-refractivity contribution is 6.51. The first-order chi connectivity index (χ1) is 15.4. The van der Waals surface area contributed by atoms with E-state index in [4.69, 9.17) is 16.1 Å². The lowest BCUT2D eigenvalue weighted by atomic mass is 9.86. The van der Waals surface area contributed by atoms with Crippen LogP contribution >= 0.6 is 11.6 Å². The quantitative estimate of drug-likeness (QED) is 0.259. The summed E-state index contributed by atoms with van der Waals surface area (Å²) in [5.74, 6) is -0.483. The van der Waals surface area contributed by atoms with E-state index in [1.165, 1.54) is 6.07 Å². The Hall–Kier alpha value is -3.64. The molecule has 0 spiro atoms. The van der Waals surface area contributed by atoms with Gasteiger partial charge in [0.05, 0.1) is 16.3 Å². The summed E-state index contributed by atoms with van der Waals surface area (Å²) in [5, 5.41) is 16.1. The first-order valence-electron chi connectivity index (χ1n) is 9.63. The monoisotopic (exact) mass is 474 g/mol. The number of halogens is 4. The maximum Gasteiger partial charge on any atom is 0.417 e. The summed E-state index contributed by atoms with van der Waals surface area (Å²) in [6.07, 6.45) is -4.61. The first-order valence-corrected chi connectivity index (χ1v) is 10.0. The summed E-state index contributed by atoms with van der Waals surface area (Å²) in [6, 6.07) is 13.4. The van der Waals surface area contributed by atoms with Crippen molar-refractivity contribution in [2.75, 3.05) is 5.43 Å². The van der Waals surface area contributed by atoms with E-state index < -0.39 is 28.3 Å². The van der Waals surface area contributed by atoms with Gasteiger partial charge in [0.1, 0.15) is 6.07 Å². The van der Waals surface area contributed by atoms with Gasteiger partial charge in [0, 0.05) is 11.6 Å². The molecule has 10 heteroatoms. The summed E-state index contributed by atoms with van der Waals surface area (Å²) in [7, 11) is 0. The highest BCUT2D eigenvalue weighted by Crippen LogP contribution is 2.35. The molecule has 33 heavy (non-hydrogen) atoms. The SMILES string of the molecule is CC(C)(C)c1ccc(-c2cc(C(=O)/C(C#N)=N/Nc3ccc(C(F)(F)F)c(Cl)c3)no2)cc1. The highest BCUT2D eigenvalue weighted by atomic mass is 35.5. The predicted molar refractivity (Wildman–Crippen MR) is 118 cm³/mol. The van der Waals surface area contributed by atoms with Crippen molar-refractivity contribution in [2.45, 2.75) is 32.4 Å². The minimum absolute atomic E-state index is 0.0243. The van der Waals surface area contributed by atoms with Crippen LogP contribution < -0.4 is 5.43 Å². The fourth-order valence-corrected chi connectivity index (χ4v) is 3.12. The van der Waals surface area contributed by atoms with Gasteiger partial charge in [-0.05, 0) is 29.2 Å². The van der Waals surface area contributed by atoms with Crippen LogP contribution in [0.3, 0.4) is 0 Å². The van der Waals surface area contributed by atoms with Gasteiger partial charge in [-0.2, -0.15) is 23.5 Å². The number of carbonyl (C=O) groups is 1. The molecule has 1 heterocycles. The summed E-state index contributed by atoms with van der Waals surface area (Å²) in [5.41, 5.74) is 2.50. The molecule has 2 aromatic carbocycles. The molecule has 0 atom stereocenters. The number of Topliss-reactive ketones (excluding diaryl/α,β-unsaturated/α-hetero) is 1. The second-order valence-corrected chi connectivity index (χ2v) is 8.52. The maximum atomic E-state index is 12.8. The van der Waals surface area contributed by atoms with E-state index in [9.17, 15) is 23.2 Å². The van der Waals surface area contributed by atoms with Crippen LogP contribution in [0, 0.1) is 11.3 Å². The van der Waals surface area contributed by atoms with Gasteiger partial charge in [0.15, 0.2) is 11.5 Å². The molecule has 0 saturated heterocycles. The van der Waals surface area contributed by atoms with Gasteiger partial charge in [-0.15, -0.1) is 0 Å². The zero-order valence-electron chi connectivity index (χ0n) is 17.8. The number of nitriles is 1. The van der Waals surface area contributed by atoms with Crippen molar-refractivity contribution >= 4 is 28.8 Å². The lowest BCUT2D eigenvalue weighted by Gasteiger charge is -2.18. The van der Waals surface area contributed by atoms with Gasteiger partial charge >= 0.3 is 6.18 Å². The van der Waals surface area contributed by atoms with Crippen LogP contribution in [0.5, 0.6) is 0 Å². The second-order valence-electron chi connectivity index (χ2n) is 8.11. The Morgan fingerprint density at radius 3 is 2.33 bits per heavy atom. The summed E-state index contributed by atoms with van der Waals surface area (Å²) in [6.45, 7) is 6.26. The third-order valence-electron chi connectivity index (χ3n) is 4.67. The van der Waals surface area contributed by atoms with Crippen molar-refractivity contribution in [2.24, 2.45) is 5.10 Å². The van der Waals surface area contributed by atoms with Gasteiger partial charge in [-0.3, -0.25) is 10.2 Å². The Kier molecular flexibility index (Phi) is 6.60. The van der Waals surface area contributed by atoms with Crippen LogP contribution in [0.15, 0.2) is 58.2 Å². The number of alkyl halides is 3. The Morgan fingerprint density at radius 1 is 1.12 bits per heavy atom. The molecule has 6 nitrogen and oxygen atoms in total. The summed E-state index contributed by atoms with van der Waals surface area (Å²) in [4.78, 5) is 12.6. The van der Waals surface area contributed by atoms with Crippen molar-refractivity contribution in [3.05, 3.63) is 70.4 Å². The van der Waals surface area contributed by atoms with Gasteiger partial charge in [-0.1, -0.05) is 61.8 Å². The molecule has 3 aromatic rings. The number of aromatic nitrogens is 1. The zero-order valence-corrected chi connectivity index (χ0v) is 18.5. The van der Waals surface area contributed by atoms with Crippen molar-refractivity contribution in [1.29, 1.82) is 5.26 Å². The van der Waals surface area contributed by atoms with Gasteiger partial charge in [-0.25, -0.2) is 0 Å². The van der Waals surface area contributed by atoms with E-state index in [-0.39, 0.29) is 16.8 Å². The molecule has 1 N–H and O–H groups in total. The number of rotatable bonds is 5. The predicted octanol–water partition coefficient (Wildman–Crippen LogP) is 6.49. The van der Waals surface area contributed by atoms with E-state index in [0.29, 0.717) is 11.3 Å². The van der Waals surface area contributed by atoms with Gasteiger partial charge < -0.3 is 4.52 Å². The third-order valence-corrected chi connectivity index (χ3v) is 4.98. The number of ketones is 1. The maximum absolute atomic E-state index is 12.8. The highest BCUT2D eigenvalue weighted by Gasteiger charge is 2.33. The normalized spacial score (nSPS) is 12.4. The molecule has 0 aliphatic heterocycles. The molecule has 0 radical (unpaired) electrons. The van der Waals surface area contributed by atoms with Crippen LogP contribution in [-0.4, -0.2) is 16.7 Å². The Balaban J connectivity index is 1.77. The lowest BCUT2D eigenvalue weighted by Crippen LogP contribution is -2.14. The molecule has 170 valence electrons. The summed E-state index contributed by atoms with van der Waals surface area (Å²) >= 11 is 5.65. The zero-order chi connectivity index (χ0) is 24.4. The standard InChI is InChI=1S/C23H18ClF3N4O2/c1-22(2,3)14-6-4-13(5-7-14)20-11-18(31-33-20)21(32)19(12-28)30-29-15-8-9-16(17(24)10-15)23(25,26)27/h4-11,29H,1-3H3/b30-19+. The average molecular weight is 475 g/mol. The number of benzene rings is 2. The molecule has 0 amide bonds. The van der Waals surface area contributed by atoms with Gasteiger partial charge in [0.2, 0.25) is 11.5 Å². The van der Waals surface area contributed by atoms with Crippen LogP contribution in [-0.2, 0) is 11.6 Å². The van der Waals surface area contributed by atoms with E-state index in [1.807, 2.05) is 24.3 Å². The number of hydrogen-bond acceptors (Lipinski definition) is 6. The van der Waals surface area contributed by atoms with E-state index in [2.05, 4.69) is 36.5 Å². The van der Waals surface area contributed by atoms with Crippen LogP contribution in [0.2, 0.25) is 5.02 Å². The van der Waals surface area contributed by atoms with E-state index >= 15 is 0 Å². The smallest absolute Gasteiger partial charge is 0.356 e. The van der Waals surface area contributed by atoms with E-state index in [0.717, 1.165) is 23.8 Å². The molecular weight excluding hydrogens is 457 g/mol. The third kappa shape index (κ3) is 5.59. The molecule has 0 aliphatic rings. The molecular formula is C23H18ClF3N4O2. The van der Waals surface area contributed by atoms with E-state index in [1.54, 1.807) is 6.07 Å². The fourth-order valence-electron chi connectivity index (χ4n) is 2.84. The fraction of sp³-hybridized carbons (Fsp3) is 0.217. The molecule has 0 bridgehead atoms. The van der Waals surface area contributed by atoms with Crippen molar-refractivity contribution in [1.82, 2.24) is 5.16 Å². The number of hydrazone groups is 1. The largest absolute Gasteiger partial charge is 0.417 e. The minimum Gasteiger partial charge on any atom is -0.356 e. The Bertz CT molecular complexity index is 1250. The van der Waals surface area contributed by atoms with Crippen molar-refractivity contribution in [3.8, 4) is 17.4 Å². The molecule has 0 aliphatic carbocycles. The van der Waals surface area contributed by atoms with Crippen molar-refractivity contribution < 1.29 is 22.5 Å². The van der Waals surface area contributed by atoms with Crippen LogP contribution in [0.1, 0.15) is 42.4 Å². The number of hydrogen-bond donors (Lipinski definition) is 1. The van der Waals surface area contributed by atoms with Crippen LogP contribution in [0.25, 0.3) is 11.3 Å². The molecule has 1 aromatic heterocycles. The lowest BCUT2D eigenvalue weighted by molar-refractivity contribution is -0.137. The first kappa shape index (κ1) is 24.0. The topological polar surface area (TPSA) is 91.3 Å². The Labute approximate surface area is 192 Å². The average Bonchev–Trinajstić information content (AvgIpc) is 3.23. The van der Waals surface area contributed by atoms with Crippen molar-refractivity contribution in [3.63, 3.8) is 0 Å². The summed E-state index contributed by atoms with van der Waals surface area (Å²) < 4.78 is 43.6. The number of nitrogens with one attached hydrogen (secondary N) is 1. The molecule has 0 fully saturated rings. The van der Waals surface area contributed by atoms with Gasteiger partial charge in [0.25, 0.3) is 0 Å². The minimum atomic E-state index is -4.61. The molecule has 0 saturated carbocycles. The van der Waals surface area contributed by atoms with Crippen LogP contribution in [0.4, 0.5) is 18.9 Å². The Morgan fingerprint density at radius 2 is 1.79 bits per heavy atom. The second kappa shape index (κ2) is 9.08. The molecule has 0 unspecified atom stereocenters. The molecule has 3 rings (SSSR count). The number of carbonyl (C=O) groups excluding carboxylic acids is 1. The number of nitrogens with zero attached hydrogens (tertiary/aromatic N) is 3.